The molecule has 1 atom stereocenters. The van der Waals surface area contributed by atoms with Gasteiger partial charge in [0.2, 0.25) is 10.0 Å². The van der Waals surface area contributed by atoms with E-state index >= 15 is 0 Å². The average molecular weight is 686 g/mol. The number of rotatable bonds is 11. The molecule has 0 saturated heterocycles. The van der Waals surface area contributed by atoms with Crippen molar-refractivity contribution in [2.24, 2.45) is 10.9 Å². The van der Waals surface area contributed by atoms with Crippen LogP contribution in [0.15, 0.2) is 83.0 Å². The lowest BCUT2D eigenvalue weighted by Crippen LogP contribution is -2.42. The highest BCUT2D eigenvalue weighted by Gasteiger charge is 2.29. The van der Waals surface area contributed by atoms with E-state index in [2.05, 4.69) is 25.4 Å². The van der Waals surface area contributed by atoms with Crippen molar-refractivity contribution in [3.8, 4) is 11.1 Å². The lowest BCUT2D eigenvalue weighted by Gasteiger charge is -2.30. The molecule has 1 aliphatic heterocycles. The first-order valence-corrected chi connectivity index (χ1v) is 16.7. The number of oxime groups is 1. The number of aromatic nitrogens is 2. The van der Waals surface area contributed by atoms with Gasteiger partial charge in [0, 0.05) is 67.1 Å². The highest BCUT2D eigenvalue weighted by atomic mass is 35.5. The third-order valence-electron chi connectivity index (χ3n) is 7.70. The van der Waals surface area contributed by atoms with E-state index in [0.717, 1.165) is 11.3 Å². The van der Waals surface area contributed by atoms with Gasteiger partial charge in [0.15, 0.2) is 5.84 Å². The Morgan fingerprint density at radius 2 is 1.91 bits per heavy atom. The first-order valence-electron chi connectivity index (χ1n) is 14.4. The second kappa shape index (κ2) is 14.5. The van der Waals surface area contributed by atoms with Crippen LogP contribution in [0.3, 0.4) is 0 Å². The van der Waals surface area contributed by atoms with Gasteiger partial charge in [0.05, 0.1) is 16.6 Å². The summed E-state index contributed by atoms with van der Waals surface area (Å²) >= 11 is 12.5. The molecule has 2 heterocycles. The molecular formula is C31H34Cl2N8O4S. The van der Waals surface area contributed by atoms with E-state index in [1.165, 1.54) is 6.07 Å². The Morgan fingerprint density at radius 3 is 2.67 bits per heavy atom. The molecule has 12 nitrogen and oxygen atoms in total. The van der Waals surface area contributed by atoms with Crippen LogP contribution in [0, 0.1) is 0 Å². The predicted molar refractivity (Wildman–Crippen MR) is 178 cm³/mol. The Balaban J connectivity index is 1.45. The number of hydrogen-bond donors (Lipinski definition) is 5. The van der Waals surface area contributed by atoms with E-state index < -0.39 is 16.1 Å². The molecule has 0 bridgehead atoms. The first kappa shape index (κ1) is 33.2. The van der Waals surface area contributed by atoms with Crippen molar-refractivity contribution in [3.63, 3.8) is 0 Å². The molecule has 5 rings (SSSR count). The molecular weight excluding hydrogens is 651 g/mol. The van der Waals surface area contributed by atoms with E-state index in [4.69, 9.17) is 33.9 Å². The van der Waals surface area contributed by atoms with Gasteiger partial charge in [-0.05, 0) is 47.9 Å². The van der Waals surface area contributed by atoms with E-state index in [1.807, 2.05) is 10.6 Å². The Labute approximate surface area is 277 Å². The number of fused-ring (bicyclic) bond motifs is 1. The van der Waals surface area contributed by atoms with Crippen LogP contribution in [-0.2, 0) is 29.5 Å². The summed E-state index contributed by atoms with van der Waals surface area (Å²) in [5.41, 5.74) is 9.29. The third kappa shape index (κ3) is 7.80. The highest BCUT2D eigenvalue weighted by molar-refractivity contribution is 7.89. The zero-order valence-corrected chi connectivity index (χ0v) is 27.3. The Bertz CT molecular complexity index is 1860. The quantitative estimate of drug-likeness (QED) is 0.0690. The minimum Gasteiger partial charge on any atom is -0.409 e. The van der Waals surface area contributed by atoms with Gasteiger partial charge in [-0.25, -0.2) is 22.9 Å². The van der Waals surface area contributed by atoms with Crippen LogP contribution in [0.1, 0.15) is 28.7 Å². The fourth-order valence-electron chi connectivity index (χ4n) is 5.39. The number of carbonyl (C=O) groups is 1. The van der Waals surface area contributed by atoms with Gasteiger partial charge in [-0.3, -0.25) is 4.90 Å². The number of amidine groups is 1. The third-order valence-corrected chi connectivity index (χ3v) is 9.72. The molecule has 3 aromatic carbocycles. The lowest BCUT2D eigenvalue weighted by atomic mass is 10.0. The fourth-order valence-corrected chi connectivity index (χ4v) is 7.15. The summed E-state index contributed by atoms with van der Waals surface area (Å²) in [5.74, 6) is 0.508. The average Bonchev–Trinajstić information content (AvgIpc) is 3.47. The van der Waals surface area contributed by atoms with Gasteiger partial charge in [0.25, 0.3) is 0 Å². The van der Waals surface area contributed by atoms with Crippen LogP contribution >= 0.6 is 23.2 Å². The highest BCUT2D eigenvalue weighted by Crippen LogP contribution is 2.32. The number of nitrogens with two attached hydrogens (primary N) is 1. The van der Waals surface area contributed by atoms with E-state index in [0.29, 0.717) is 65.3 Å². The van der Waals surface area contributed by atoms with E-state index in [9.17, 15) is 18.4 Å². The second-order valence-corrected chi connectivity index (χ2v) is 13.3. The molecule has 1 aromatic heterocycles. The molecule has 242 valence electrons. The molecule has 0 fully saturated rings. The van der Waals surface area contributed by atoms with Crippen LogP contribution in [0.5, 0.6) is 0 Å². The first-order chi connectivity index (χ1) is 22.1. The number of carbonyl (C=O) groups excluding carboxylic acids is 1. The van der Waals surface area contributed by atoms with Gasteiger partial charge < -0.3 is 26.1 Å². The maximum atomic E-state index is 14.0. The van der Waals surface area contributed by atoms with Gasteiger partial charge in [-0.2, -0.15) is 0 Å². The summed E-state index contributed by atoms with van der Waals surface area (Å²) in [6.07, 6.45) is 2.00. The van der Waals surface area contributed by atoms with Crippen molar-refractivity contribution >= 4 is 45.1 Å². The summed E-state index contributed by atoms with van der Waals surface area (Å²) < 4.78 is 32.9. The number of halogens is 2. The van der Waals surface area contributed by atoms with Crippen LogP contribution < -0.4 is 21.1 Å². The Morgan fingerprint density at radius 1 is 1.11 bits per heavy atom. The number of nitrogens with one attached hydrogen (secondary N) is 3. The van der Waals surface area contributed by atoms with Crippen LogP contribution in [0.4, 0.5) is 4.79 Å². The maximum absolute atomic E-state index is 14.0. The number of urea groups is 1. The molecule has 15 heteroatoms. The Hall–Kier alpha value is -4.14. The topological polar surface area (TPSA) is 167 Å². The van der Waals surface area contributed by atoms with Crippen LogP contribution in [0.25, 0.3) is 11.1 Å². The molecule has 6 N–H and O–H groups in total. The molecule has 0 saturated carbocycles. The molecule has 46 heavy (non-hydrogen) atoms. The van der Waals surface area contributed by atoms with Crippen molar-refractivity contribution in [2.75, 3.05) is 26.7 Å². The number of nitrogens with zero attached hydrogens (tertiary/aromatic N) is 4. The minimum absolute atomic E-state index is 0.0548. The molecule has 1 aliphatic rings. The fraction of sp³-hybridized carbons (Fsp3) is 0.258. The minimum atomic E-state index is -4.07. The van der Waals surface area contributed by atoms with Gasteiger partial charge in [-0.15, -0.1) is 0 Å². The molecule has 0 radical (unpaired) electrons. The second-order valence-electron chi connectivity index (χ2n) is 10.8. The predicted octanol–water partition coefficient (Wildman–Crippen LogP) is 3.96. The summed E-state index contributed by atoms with van der Waals surface area (Å²) in [5, 5.41) is 18.5. The smallest absolute Gasteiger partial charge is 0.314 e. The Kier molecular flexibility index (Phi) is 10.5. The monoisotopic (exact) mass is 684 g/mol. The normalized spacial score (nSPS) is 14.5. The number of sulfonamides is 1. The van der Waals surface area contributed by atoms with Crippen molar-refractivity contribution in [3.05, 3.63) is 106 Å². The largest absolute Gasteiger partial charge is 0.409 e. The number of benzene rings is 3. The van der Waals surface area contributed by atoms with Crippen LogP contribution in [0.2, 0.25) is 10.0 Å². The maximum Gasteiger partial charge on any atom is 0.314 e. The van der Waals surface area contributed by atoms with Gasteiger partial charge in [0.1, 0.15) is 5.82 Å². The summed E-state index contributed by atoms with van der Waals surface area (Å²) in [6, 6.07) is 17.7. The summed E-state index contributed by atoms with van der Waals surface area (Å²) in [6.45, 7) is 3.00. The number of hydrogen-bond acceptors (Lipinski definition) is 7. The van der Waals surface area contributed by atoms with Crippen molar-refractivity contribution in [2.45, 2.75) is 30.4 Å². The van der Waals surface area contributed by atoms with Crippen molar-refractivity contribution < 1.29 is 18.4 Å². The molecule has 0 unspecified atom stereocenters. The summed E-state index contributed by atoms with van der Waals surface area (Å²) in [7, 11) is -2.50. The lowest BCUT2D eigenvalue weighted by molar-refractivity contribution is 0.213. The van der Waals surface area contributed by atoms with Crippen molar-refractivity contribution in [1.29, 1.82) is 0 Å². The molecule has 0 aliphatic carbocycles. The SMILES string of the molecule is CNC(=O)NCCN1CCn2c(cnc2[C@H](Cc2cccc(/C(N)=N\O)c2)NS(=O)(=O)c2cccc(-c3ccc(Cl)cc3Cl)c2)C1. The standard InChI is InChI=1S/C31H34Cl2N8O4S/c1-35-31(42)36-10-11-40-12-13-41-24(19-40)18-37-30(41)28(15-20-4-2-6-22(14-20)29(34)38-43)39-46(44,45)25-7-3-5-21(16-25)26-9-8-23(32)17-27(26)33/h2-9,14,16-18,28,39,43H,10-13,15,19H2,1H3,(H2,34,38)(H2,35,36,42)/t28-/m0/s1. The van der Waals surface area contributed by atoms with Gasteiger partial charge in [-0.1, -0.05) is 64.8 Å². The van der Waals surface area contributed by atoms with Crippen molar-refractivity contribution in [1.82, 2.24) is 29.8 Å². The summed E-state index contributed by atoms with van der Waals surface area (Å²) in [4.78, 5) is 18.5. The van der Waals surface area contributed by atoms with E-state index in [-0.39, 0.29) is 23.2 Å². The van der Waals surface area contributed by atoms with Gasteiger partial charge >= 0.3 is 6.03 Å². The van der Waals surface area contributed by atoms with E-state index in [1.54, 1.807) is 67.8 Å². The zero-order chi connectivity index (χ0) is 32.8. The molecule has 2 amide bonds. The molecule has 4 aromatic rings. The number of amides is 2. The van der Waals surface area contributed by atoms with Crippen LogP contribution in [-0.4, -0.2) is 66.6 Å². The number of imidazole rings is 1. The zero-order valence-electron chi connectivity index (χ0n) is 25.0. The molecule has 0 spiro atoms.